The minimum atomic E-state index is -3.79. The van der Waals surface area contributed by atoms with Crippen LogP contribution in [0.15, 0.2) is 48.8 Å². The fourth-order valence-corrected chi connectivity index (χ4v) is 3.53. The lowest BCUT2D eigenvalue weighted by Gasteiger charge is -2.28. The minimum absolute atomic E-state index is 0.0872. The molecule has 1 aromatic carbocycles. The molecule has 1 saturated heterocycles. The molecular weight excluding hydrogens is 323 g/mol. The number of aromatic nitrogens is 1. The fraction of sp³-hybridized carbons (Fsp3) is 0.214. The van der Waals surface area contributed by atoms with Crippen molar-refractivity contribution in [3.8, 4) is 5.75 Å². The van der Waals surface area contributed by atoms with Crippen molar-refractivity contribution < 1.29 is 23.1 Å². The Morgan fingerprint density at radius 1 is 1.22 bits per heavy atom. The predicted octanol–water partition coefficient (Wildman–Crippen LogP) is 3.65. The average molecular weight is 336 g/mol. The van der Waals surface area contributed by atoms with Crippen LogP contribution in [0.1, 0.15) is 18.1 Å². The maximum Gasteiger partial charge on any atom is 0.530 e. The van der Waals surface area contributed by atoms with Crippen LogP contribution in [0.2, 0.25) is 0 Å². The molecule has 23 heavy (non-hydrogen) atoms. The lowest BCUT2D eigenvalue weighted by molar-refractivity contribution is -0.384. The lowest BCUT2D eigenvalue weighted by Crippen LogP contribution is -2.16. The molecule has 2 heterocycles. The number of non-ortho nitro benzene ring substituents is 1. The molecule has 1 aliphatic heterocycles. The lowest BCUT2D eigenvalue weighted by atomic mass is 10.1. The van der Waals surface area contributed by atoms with Crippen molar-refractivity contribution in [3.05, 3.63) is 64.5 Å². The molecule has 2 atom stereocenters. The zero-order chi connectivity index (χ0) is 16.3. The number of hydrogen-bond acceptors (Lipinski definition) is 7. The van der Waals surface area contributed by atoms with Gasteiger partial charge in [0.15, 0.2) is 0 Å². The summed E-state index contributed by atoms with van der Waals surface area (Å²) in [6.45, 7) is 0.219. The Bertz CT molecular complexity index is 737. The van der Waals surface area contributed by atoms with Crippen LogP contribution in [-0.2, 0) is 13.6 Å². The van der Waals surface area contributed by atoms with E-state index in [0.29, 0.717) is 6.42 Å². The van der Waals surface area contributed by atoms with E-state index in [1.165, 1.54) is 24.3 Å². The molecule has 0 spiro atoms. The van der Waals surface area contributed by atoms with E-state index in [1.54, 1.807) is 24.5 Å². The minimum Gasteiger partial charge on any atom is -0.404 e. The highest BCUT2D eigenvalue weighted by Gasteiger charge is 2.37. The Morgan fingerprint density at radius 2 is 1.91 bits per heavy atom. The van der Waals surface area contributed by atoms with Crippen LogP contribution in [0.5, 0.6) is 5.75 Å². The number of phosphoric ester groups is 1. The van der Waals surface area contributed by atoms with Gasteiger partial charge in [-0.2, -0.15) is 0 Å². The van der Waals surface area contributed by atoms with Crippen LogP contribution >= 0.6 is 7.82 Å². The van der Waals surface area contributed by atoms with Gasteiger partial charge in [0.05, 0.1) is 17.6 Å². The third-order valence-corrected chi connectivity index (χ3v) is 4.67. The highest BCUT2D eigenvalue weighted by molar-refractivity contribution is 7.49. The van der Waals surface area contributed by atoms with Gasteiger partial charge in [-0.3, -0.25) is 24.1 Å². The summed E-state index contributed by atoms with van der Waals surface area (Å²) in [5.41, 5.74) is 0.742. The van der Waals surface area contributed by atoms with Crippen LogP contribution in [-0.4, -0.2) is 16.5 Å². The van der Waals surface area contributed by atoms with E-state index in [-0.39, 0.29) is 18.0 Å². The molecule has 9 heteroatoms. The number of rotatable bonds is 4. The van der Waals surface area contributed by atoms with Gasteiger partial charge in [-0.15, -0.1) is 0 Å². The number of hydrogen-bond donors (Lipinski definition) is 0. The topological polar surface area (TPSA) is 101 Å². The average Bonchev–Trinajstić information content (AvgIpc) is 2.56. The summed E-state index contributed by atoms with van der Waals surface area (Å²) >= 11 is 0. The highest BCUT2D eigenvalue weighted by Crippen LogP contribution is 2.56. The molecule has 0 aliphatic carbocycles. The number of pyridine rings is 1. The second-order valence-electron chi connectivity index (χ2n) is 4.79. The van der Waals surface area contributed by atoms with Gasteiger partial charge in [-0.05, 0) is 29.8 Å². The molecule has 0 saturated carbocycles. The van der Waals surface area contributed by atoms with Gasteiger partial charge in [0, 0.05) is 30.9 Å². The van der Waals surface area contributed by atoms with Crippen molar-refractivity contribution in [1.82, 2.24) is 4.98 Å². The molecule has 1 fully saturated rings. The van der Waals surface area contributed by atoms with Gasteiger partial charge in [-0.25, -0.2) is 4.57 Å². The molecule has 2 aromatic rings. The van der Waals surface area contributed by atoms with E-state index in [2.05, 4.69) is 4.98 Å². The van der Waals surface area contributed by atoms with Crippen LogP contribution in [0.3, 0.4) is 0 Å². The Labute approximate surface area is 131 Å². The Hall–Kier alpha value is -2.28. The first-order valence-electron chi connectivity index (χ1n) is 6.83. The van der Waals surface area contributed by atoms with Crippen molar-refractivity contribution in [2.75, 3.05) is 6.61 Å². The first kappa shape index (κ1) is 15.6. The Kier molecular flexibility index (Phi) is 4.38. The second kappa shape index (κ2) is 6.45. The van der Waals surface area contributed by atoms with Crippen LogP contribution in [0.25, 0.3) is 0 Å². The summed E-state index contributed by atoms with van der Waals surface area (Å²) in [5.74, 6) is 0.175. The third-order valence-electron chi connectivity index (χ3n) is 3.23. The molecule has 0 N–H and O–H groups in total. The maximum atomic E-state index is 12.6. The standard InChI is InChI=1S/C14H13N2O6P/c17-16(18)12-1-3-13(4-2-12)21-23(19)20-10-7-14(22-23)11-5-8-15-9-6-11/h1-6,8-9,14H,7,10H2/t14?,23-/m0/s1. The van der Waals surface area contributed by atoms with Gasteiger partial charge in [0.2, 0.25) is 0 Å². The van der Waals surface area contributed by atoms with Gasteiger partial charge in [-0.1, -0.05) is 0 Å². The van der Waals surface area contributed by atoms with E-state index in [0.717, 1.165) is 5.56 Å². The summed E-state index contributed by atoms with van der Waals surface area (Å²) in [6, 6.07) is 8.75. The fourth-order valence-electron chi connectivity index (χ4n) is 2.12. The van der Waals surface area contributed by atoms with Gasteiger partial charge in [0.25, 0.3) is 5.69 Å². The summed E-state index contributed by atoms with van der Waals surface area (Å²) < 4.78 is 28.5. The van der Waals surface area contributed by atoms with Gasteiger partial charge < -0.3 is 4.52 Å². The molecule has 1 unspecified atom stereocenters. The van der Waals surface area contributed by atoms with Crippen LogP contribution in [0, 0.1) is 10.1 Å². The van der Waals surface area contributed by atoms with E-state index in [9.17, 15) is 14.7 Å². The molecule has 1 aliphatic rings. The summed E-state index contributed by atoms with van der Waals surface area (Å²) in [4.78, 5) is 14.0. The number of nitro groups is 1. The number of phosphoric acid groups is 1. The van der Waals surface area contributed by atoms with Crippen molar-refractivity contribution in [2.24, 2.45) is 0 Å². The molecular formula is C14H13N2O6P. The highest BCUT2D eigenvalue weighted by atomic mass is 31.2. The maximum absolute atomic E-state index is 12.6. The molecule has 0 radical (unpaired) electrons. The first-order chi connectivity index (χ1) is 11.1. The zero-order valence-corrected chi connectivity index (χ0v) is 12.8. The molecule has 3 rings (SSSR count). The van der Waals surface area contributed by atoms with E-state index >= 15 is 0 Å². The Balaban J connectivity index is 1.73. The molecule has 120 valence electrons. The third kappa shape index (κ3) is 3.73. The quantitative estimate of drug-likeness (QED) is 0.477. The van der Waals surface area contributed by atoms with Crippen molar-refractivity contribution in [1.29, 1.82) is 0 Å². The summed E-state index contributed by atoms with van der Waals surface area (Å²) in [5, 5.41) is 10.6. The number of nitro benzene ring substituents is 1. The molecule has 1 aromatic heterocycles. The molecule has 8 nitrogen and oxygen atoms in total. The van der Waals surface area contributed by atoms with E-state index < -0.39 is 18.8 Å². The number of nitrogens with zero attached hydrogens (tertiary/aromatic N) is 2. The SMILES string of the molecule is O=[N+]([O-])c1ccc(O[P@]2(=O)OCCC(c3ccncc3)O2)cc1. The smallest absolute Gasteiger partial charge is 0.404 e. The summed E-state index contributed by atoms with van der Waals surface area (Å²) in [6.07, 6.45) is 3.36. The summed E-state index contributed by atoms with van der Waals surface area (Å²) in [7, 11) is -3.79. The zero-order valence-electron chi connectivity index (χ0n) is 11.9. The van der Waals surface area contributed by atoms with Gasteiger partial charge >= 0.3 is 7.82 Å². The van der Waals surface area contributed by atoms with Crippen LogP contribution in [0.4, 0.5) is 5.69 Å². The van der Waals surface area contributed by atoms with Crippen molar-refractivity contribution >= 4 is 13.5 Å². The van der Waals surface area contributed by atoms with E-state index in [4.69, 9.17) is 13.6 Å². The normalized spacial score (nSPS) is 24.1. The van der Waals surface area contributed by atoms with Crippen molar-refractivity contribution in [3.63, 3.8) is 0 Å². The van der Waals surface area contributed by atoms with Gasteiger partial charge in [0.1, 0.15) is 5.75 Å². The van der Waals surface area contributed by atoms with Crippen molar-refractivity contribution in [2.45, 2.75) is 12.5 Å². The van der Waals surface area contributed by atoms with E-state index in [1.807, 2.05) is 0 Å². The monoisotopic (exact) mass is 336 g/mol. The van der Waals surface area contributed by atoms with Crippen LogP contribution < -0.4 is 4.52 Å². The molecule has 0 amide bonds. The Morgan fingerprint density at radius 3 is 2.57 bits per heavy atom. The largest absolute Gasteiger partial charge is 0.530 e. The predicted molar refractivity (Wildman–Crippen MR) is 80.0 cm³/mol. The number of benzene rings is 1. The second-order valence-corrected chi connectivity index (χ2v) is 6.33. The molecule has 0 bridgehead atoms. The first-order valence-corrected chi connectivity index (χ1v) is 8.29.